The zero-order valence-electron chi connectivity index (χ0n) is 8.37. The van der Waals surface area contributed by atoms with E-state index in [9.17, 15) is 0 Å². The molecule has 1 aromatic carbocycles. The monoisotopic (exact) mass is 217 g/mol. The van der Waals surface area contributed by atoms with Gasteiger partial charge in [-0.25, -0.2) is 0 Å². The number of benzene rings is 1. The zero-order chi connectivity index (χ0) is 11.1. The van der Waals surface area contributed by atoms with Crippen LogP contribution in [0, 0.1) is 6.07 Å². The fraction of sp³-hybridized carbons (Fsp3) is 0.0909. The molecule has 0 atom stereocenters. The van der Waals surface area contributed by atoms with Crippen molar-refractivity contribution in [1.82, 2.24) is 0 Å². The molecule has 1 radical (unpaired) electrons. The summed E-state index contributed by atoms with van der Waals surface area (Å²) in [5.74, 6) is 0. The average Bonchev–Trinajstić information content (AvgIpc) is 2.37. The van der Waals surface area contributed by atoms with Crippen LogP contribution >= 0.6 is 0 Å². The molecule has 0 amide bonds. The van der Waals surface area contributed by atoms with Gasteiger partial charge in [-0.05, 0) is 11.2 Å². The lowest BCUT2D eigenvalue weighted by molar-refractivity contribution is -0.252. The van der Waals surface area contributed by atoms with Gasteiger partial charge in [0.2, 0.25) is 0 Å². The standard InChI is InChI=1S/C11H9N2O3/c1-2-4-10(5-3-1)8-12-14-9-11-6-7-15-16-13-11/h1-4,6-8H,9H2/b12-8+. The molecule has 1 aliphatic rings. The molecule has 5 nitrogen and oxygen atoms in total. The summed E-state index contributed by atoms with van der Waals surface area (Å²) >= 11 is 0. The number of hydrogen-bond acceptors (Lipinski definition) is 5. The SMILES string of the molecule is [c]1ccccc1/C=N/OCC1=NOOC=C1. The van der Waals surface area contributed by atoms with Crippen LogP contribution in [0.15, 0.2) is 46.9 Å². The van der Waals surface area contributed by atoms with E-state index in [0.717, 1.165) is 5.56 Å². The summed E-state index contributed by atoms with van der Waals surface area (Å²) in [5.41, 5.74) is 1.45. The lowest BCUT2D eigenvalue weighted by Crippen LogP contribution is -2.07. The van der Waals surface area contributed by atoms with E-state index in [-0.39, 0.29) is 6.61 Å². The molecule has 0 bridgehead atoms. The highest BCUT2D eigenvalue weighted by Gasteiger charge is 2.00. The average molecular weight is 217 g/mol. The van der Waals surface area contributed by atoms with Gasteiger partial charge in [-0.3, -0.25) is 4.89 Å². The lowest BCUT2D eigenvalue weighted by Gasteiger charge is -2.02. The molecule has 0 N–H and O–H groups in total. The van der Waals surface area contributed by atoms with Gasteiger partial charge in [-0.15, -0.1) is 0 Å². The Kier molecular flexibility index (Phi) is 3.55. The second-order valence-corrected chi connectivity index (χ2v) is 2.88. The highest BCUT2D eigenvalue weighted by Crippen LogP contribution is 1.97. The van der Waals surface area contributed by atoms with Crippen molar-refractivity contribution in [2.24, 2.45) is 10.3 Å². The van der Waals surface area contributed by atoms with E-state index >= 15 is 0 Å². The highest BCUT2D eigenvalue weighted by molar-refractivity contribution is 5.95. The van der Waals surface area contributed by atoms with Gasteiger partial charge in [0.05, 0.1) is 6.21 Å². The van der Waals surface area contributed by atoms with Crippen molar-refractivity contribution in [2.75, 3.05) is 6.61 Å². The maximum absolute atomic E-state index is 5.01. The quantitative estimate of drug-likeness (QED) is 0.438. The first-order chi connectivity index (χ1) is 7.95. The summed E-state index contributed by atoms with van der Waals surface area (Å²) in [6, 6.07) is 10.5. The first kappa shape index (κ1) is 10.2. The Labute approximate surface area is 92.5 Å². The molecule has 1 aliphatic heterocycles. The first-order valence-corrected chi connectivity index (χ1v) is 4.63. The van der Waals surface area contributed by atoms with Gasteiger partial charge in [0.1, 0.15) is 12.0 Å². The molecule has 0 aliphatic carbocycles. The fourth-order valence-electron chi connectivity index (χ4n) is 0.990. The van der Waals surface area contributed by atoms with Crippen molar-refractivity contribution in [3.05, 3.63) is 48.2 Å². The van der Waals surface area contributed by atoms with Gasteiger partial charge in [-0.2, -0.15) is 4.99 Å². The van der Waals surface area contributed by atoms with Crippen LogP contribution in [0.3, 0.4) is 0 Å². The Morgan fingerprint density at radius 3 is 3.25 bits per heavy atom. The normalized spacial score (nSPS) is 14.1. The minimum atomic E-state index is 0.225. The fourth-order valence-corrected chi connectivity index (χ4v) is 0.990. The molecule has 0 saturated heterocycles. The molecule has 5 heteroatoms. The van der Waals surface area contributed by atoms with Crippen molar-refractivity contribution in [2.45, 2.75) is 0 Å². The predicted octanol–water partition coefficient (Wildman–Crippen LogP) is 1.67. The molecular weight excluding hydrogens is 208 g/mol. The predicted molar refractivity (Wildman–Crippen MR) is 57.6 cm³/mol. The summed E-state index contributed by atoms with van der Waals surface area (Å²) < 4.78 is 0. The zero-order valence-corrected chi connectivity index (χ0v) is 8.37. The Balaban J connectivity index is 1.78. The van der Waals surface area contributed by atoms with Gasteiger partial charge < -0.3 is 4.84 Å². The summed E-state index contributed by atoms with van der Waals surface area (Å²) in [4.78, 5) is 13.8. The van der Waals surface area contributed by atoms with Crippen LogP contribution in [0.4, 0.5) is 0 Å². The molecule has 0 spiro atoms. The van der Waals surface area contributed by atoms with E-state index in [4.69, 9.17) is 4.84 Å². The van der Waals surface area contributed by atoms with Gasteiger partial charge in [-0.1, -0.05) is 29.4 Å². The Morgan fingerprint density at radius 2 is 2.50 bits per heavy atom. The number of rotatable bonds is 4. The van der Waals surface area contributed by atoms with Crippen LogP contribution in [0.25, 0.3) is 0 Å². The molecular formula is C11H9N2O3. The molecule has 0 unspecified atom stereocenters. The Bertz CT molecular complexity index is 412. The number of hydrogen-bond donors (Lipinski definition) is 0. The number of nitrogens with zero attached hydrogens (tertiary/aromatic N) is 2. The van der Waals surface area contributed by atoms with E-state index in [0.29, 0.717) is 5.71 Å². The van der Waals surface area contributed by atoms with E-state index in [1.54, 1.807) is 18.4 Å². The summed E-state index contributed by atoms with van der Waals surface area (Å²) in [6.07, 6.45) is 4.58. The third-order valence-corrected chi connectivity index (χ3v) is 1.73. The second-order valence-electron chi connectivity index (χ2n) is 2.88. The van der Waals surface area contributed by atoms with Crippen molar-refractivity contribution in [3.63, 3.8) is 0 Å². The molecule has 2 rings (SSSR count). The van der Waals surface area contributed by atoms with Crippen LogP contribution in [-0.2, 0) is 14.7 Å². The van der Waals surface area contributed by atoms with E-state index < -0.39 is 0 Å². The molecule has 0 aromatic heterocycles. The molecule has 1 aromatic rings. The second kappa shape index (κ2) is 5.55. The summed E-state index contributed by atoms with van der Waals surface area (Å²) in [6.45, 7) is 0.225. The van der Waals surface area contributed by atoms with Gasteiger partial charge in [0.15, 0.2) is 6.61 Å². The summed E-state index contributed by atoms with van der Waals surface area (Å²) in [5, 5.41) is 7.34. The smallest absolute Gasteiger partial charge is 0.162 e. The maximum atomic E-state index is 5.01. The van der Waals surface area contributed by atoms with Gasteiger partial charge >= 0.3 is 0 Å². The molecule has 0 fully saturated rings. The van der Waals surface area contributed by atoms with E-state index in [1.807, 2.05) is 18.2 Å². The van der Waals surface area contributed by atoms with E-state index in [1.165, 1.54) is 6.26 Å². The highest BCUT2D eigenvalue weighted by atomic mass is 17.3. The van der Waals surface area contributed by atoms with Crippen molar-refractivity contribution in [3.8, 4) is 0 Å². The van der Waals surface area contributed by atoms with Crippen LogP contribution < -0.4 is 0 Å². The van der Waals surface area contributed by atoms with Crippen molar-refractivity contribution < 1.29 is 14.7 Å². The topological polar surface area (TPSA) is 52.4 Å². The van der Waals surface area contributed by atoms with E-state index in [2.05, 4.69) is 26.3 Å². The molecule has 1 heterocycles. The molecule has 81 valence electrons. The van der Waals surface area contributed by atoms with Crippen molar-refractivity contribution in [1.29, 1.82) is 0 Å². The first-order valence-electron chi connectivity index (χ1n) is 4.63. The lowest BCUT2D eigenvalue weighted by atomic mass is 10.2. The van der Waals surface area contributed by atoms with Crippen LogP contribution in [0.1, 0.15) is 5.56 Å². The minimum Gasteiger partial charge on any atom is -0.389 e. The molecule has 0 saturated carbocycles. The van der Waals surface area contributed by atoms with Gasteiger partial charge in [0.25, 0.3) is 0 Å². The number of oxime groups is 2. The third-order valence-electron chi connectivity index (χ3n) is 1.73. The Hall–Kier alpha value is -2.30. The molecule has 16 heavy (non-hydrogen) atoms. The maximum Gasteiger partial charge on any atom is 0.162 e. The summed E-state index contributed by atoms with van der Waals surface area (Å²) in [7, 11) is 0. The van der Waals surface area contributed by atoms with Gasteiger partial charge in [0, 0.05) is 11.6 Å². The third kappa shape index (κ3) is 3.13. The largest absolute Gasteiger partial charge is 0.389 e. The van der Waals surface area contributed by atoms with Crippen LogP contribution in [0.2, 0.25) is 0 Å². The Morgan fingerprint density at radius 1 is 1.50 bits per heavy atom. The minimum absolute atomic E-state index is 0.225. The van der Waals surface area contributed by atoms with Crippen molar-refractivity contribution >= 4 is 11.9 Å². The van der Waals surface area contributed by atoms with Crippen LogP contribution in [0.5, 0.6) is 0 Å². The van der Waals surface area contributed by atoms with Crippen LogP contribution in [-0.4, -0.2) is 18.5 Å².